The lowest BCUT2D eigenvalue weighted by molar-refractivity contribution is 0.961. The lowest BCUT2D eigenvalue weighted by atomic mass is 10.2. The molecule has 14 heavy (non-hydrogen) atoms. The van der Waals surface area contributed by atoms with Gasteiger partial charge in [-0.25, -0.2) is 0 Å². The highest BCUT2D eigenvalue weighted by atomic mass is 14.9. The largest absolute Gasteiger partial charge is 0.330 e. The predicted molar refractivity (Wildman–Crippen MR) is 58.5 cm³/mol. The van der Waals surface area contributed by atoms with Crippen molar-refractivity contribution < 1.29 is 0 Å². The molecular weight excluding hydrogens is 172 g/mol. The topological polar surface area (TPSA) is 30.9 Å². The second-order valence-corrected chi connectivity index (χ2v) is 3.30. The third-order valence-electron chi connectivity index (χ3n) is 2.24. The minimum atomic E-state index is 0.707. The van der Waals surface area contributed by atoms with Crippen molar-refractivity contribution in [1.82, 2.24) is 4.57 Å². The third-order valence-corrected chi connectivity index (χ3v) is 2.24. The number of nitrogens with two attached hydrogens (primary N) is 1. The van der Waals surface area contributed by atoms with Gasteiger partial charge in [0, 0.05) is 18.1 Å². The normalized spacial score (nSPS) is 10.4. The first-order valence-electron chi connectivity index (χ1n) is 4.82. The van der Waals surface area contributed by atoms with Gasteiger partial charge in [0.25, 0.3) is 0 Å². The van der Waals surface area contributed by atoms with Crippen molar-refractivity contribution in [1.29, 1.82) is 0 Å². The molecule has 72 valence electrons. The van der Waals surface area contributed by atoms with Gasteiger partial charge in [0.2, 0.25) is 0 Å². The quantitative estimate of drug-likeness (QED) is 0.780. The van der Waals surface area contributed by atoms with E-state index in [0.717, 1.165) is 6.42 Å². The smallest absolute Gasteiger partial charge is 0.0449 e. The van der Waals surface area contributed by atoms with Gasteiger partial charge >= 0.3 is 0 Å². The Morgan fingerprint density at radius 2 is 1.86 bits per heavy atom. The fraction of sp³-hybridized carbons (Fsp3) is 0.167. The summed E-state index contributed by atoms with van der Waals surface area (Å²) in [4.78, 5) is 0. The van der Waals surface area contributed by atoms with Crippen molar-refractivity contribution in [3.8, 4) is 5.69 Å². The molecule has 0 spiro atoms. The summed E-state index contributed by atoms with van der Waals surface area (Å²) in [6.07, 6.45) is 5.14. The van der Waals surface area contributed by atoms with Crippen LogP contribution >= 0.6 is 0 Å². The summed E-state index contributed by atoms with van der Waals surface area (Å²) >= 11 is 0. The van der Waals surface area contributed by atoms with Crippen LogP contribution in [0.1, 0.15) is 5.56 Å². The molecule has 2 N–H and O–H groups in total. The van der Waals surface area contributed by atoms with E-state index < -0.39 is 0 Å². The van der Waals surface area contributed by atoms with Crippen LogP contribution in [0.2, 0.25) is 0 Å². The van der Waals surface area contributed by atoms with E-state index in [4.69, 9.17) is 5.73 Å². The number of benzene rings is 1. The highest BCUT2D eigenvalue weighted by Crippen LogP contribution is 2.10. The minimum absolute atomic E-state index is 0.707. The fourth-order valence-corrected chi connectivity index (χ4v) is 1.52. The first-order valence-corrected chi connectivity index (χ1v) is 4.82. The molecule has 0 aliphatic carbocycles. The molecule has 1 aromatic heterocycles. The number of nitrogens with zero attached hydrogens (tertiary/aromatic N) is 1. The molecule has 0 radical (unpaired) electrons. The monoisotopic (exact) mass is 186 g/mol. The van der Waals surface area contributed by atoms with Gasteiger partial charge < -0.3 is 10.3 Å². The van der Waals surface area contributed by atoms with Crippen molar-refractivity contribution in [3.63, 3.8) is 0 Å². The predicted octanol–water partition coefficient (Wildman–Crippen LogP) is 1.98. The Balaban J connectivity index is 2.25. The van der Waals surface area contributed by atoms with Crippen LogP contribution in [0.15, 0.2) is 48.8 Å². The summed E-state index contributed by atoms with van der Waals surface area (Å²) in [6.45, 7) is 0.707. The van der Waals surface area contributed by atoms with Gasteiger partial charge in [0.05, 0.1) is 0 Å². The van der Waals surface area contributed by atoms with Crippen molar-refractivity contribution in [3.05, 3.63) is 54.4 Å². The Morgan fingerprint density at radius 1 is 1.07 bits per heavy atom. The van der Waals surface area contributed by atoms with Crippen molar-refractivity contribution >= 4 is 0 Å². The molecule has 0 fully saturated rings. The Bertz CT molecular complexity index is 390. The van der Waals surface area contributed by atoms with Crippen LogP contribution in [0.5, 0.6) is 0 Å². The Hall–Kier alpha value is -1.54. The second kappa shape index (κ2) is 4.11. The Labute approximate surface area is 84.0 Å². The molecule has 2 nitrogen and oxygen atoms in total. The number of para-hydroxylation sites is 1. The van der Waals surface area contributed by atoms with E-state index in [1.165, 1.54) is 11.3 Å². The molecule has 0 atom stereocenters. The van der Waals surface area contributed by atoms with Crippen LogP contribution in [-0.2, 0) is 6.42 Å². The van der Waals surface area contributed by atoms with Crippen LogP contribution in [0.4, 0.5) is 0 Å². The van der Waals surface area contributed by atoms with Gasteiger partial charge in [-0.2, -0.15) is 0 Å². The standard InChI is InChI=1S/C12H14N2/c13-8-6-11-7-9-14(10-11)12-4-2-1-3-5-12/h1-5,7,9-10H,6,8,13H2. The van der Waals surface area contributed by atoms with Gasteiger partial charge in [-0.3, -0.25) is 0 Å². The first-order chi connectivity index (χ1) is 6.90. The second-order valence-electron chi connectivity index (χ2n) is 3.30. The number of aromatic nitrogens is 1. The Morgan fingerprint density at radius 3 is 2.57 bits per heavy atom. The van der Waals surface area contributed by atoms with E-state index in [9.17, 15) is 0 Å². The summed E-state index contributed by atoms with van der Waals surface area (Å²) in [5.41, 5.74) is 7.98. The molecule has 1 heterocycles. The maximum Gasteiger partial charge on any atom is 0.0449 e. The molecule has 0 unspecified atom stereocenters. The maximum absolute atomic E-state index is 5.50. The van der Waals surface area contributed by atoms with Gasteiger partial charge in [0.15, 0.2) is 0 Å². The molecule has 2 rings (SSSR count). The Kier molecular flexibility index (Phi) is 2.65. The summed E-state index contributed by atoms with van der Waals surface area (Å²) in [5, 5.41) is 0. The highest BCUT2D eigenvalue weighted by Gasteiger charge is 1.96. The molecular formula is C12H14N2. The van der Waals surface area contributed by atoms with E-state index in [1.54, 1.807) is 0 Å². The molecule has 0 saturated heterocycles. The minimum Gasteiger partial charge on any atom is -0.330 e. The fourth-order valence-electron chi connectivity index (χ4n) is 1.52. The zero-order valence-corrected chi connectivity index (χ0v) is 8.06. The first kappa shape index (κ1) is 9.03. The van der Waals surface area contributed by atoms with E-state index in [1.807, 2.05) is 18.2 Å². The zero-order chi connectivity index (χ0) is 9.80. The maximum atomic E-state index is 5.50. The van der Waals surface area contributed by atoms with E-state index in [0.29, 0.717) is 6.54 Å². The van der Waals surface area contributed by atoms with Gasteiger partial charge in [0.1, 0.15) is 0 Å². The van der Waals surface area contributed by atoms with Crippen LogP contribution in [-0.4, -0.2) is 11.1 Å². The van der Waals surface area contributed by atoms with Crippen molar-refractivity contribution in [2.75, 3.05) is 6.54 Å². The molecule has 2 aromatic rings. The van der Waals surface area contributed by atoms with Crippen molar-refractivity contribution in [2.45, 2.75) is 6.42 Å². The molecule has 2 heteroatoms. The van der Waals surface area contributed by atoms with Gasteiger partial charge in [-0.1, -0.05) is 18.2 Å². The van der Waals surface area contributed by atoms with E-state index in [2.05, 4.69) is 35.2 Å². The summed E-state index contributed by atoms with van der Waals surface area (Å²) in [7, 11) is 0. The number of rotatable bonds is 3. The molecule has 0 amide bonds. The SMILES string of the molecule is NCCc1ccn(-c2ccccc2)c1. The molecule has 0 bridgehead atoms. The molecule has 0 aliphatic heterocycles. The van der Waals surface area contributed by atoms with Crippen LogP contribution in [0.3, 0.4) is 0 Å². The van der Waals surface area contributed by atoms with E-state index >= 15 is 0 Å². The lowest BCUT2D eigenvalue weighted by Gasteiger charge is -2.00. The third kappa shape index (κ3) is 1.86. The summed E-state index contributed by atoms with van der Waals surface area (Å²) in [6, 6.07) is 12.4. The zero-order valence-electron chi connectivity index (χ0n) is 8.06. The van der Waals surface area contributed by atoms with Gasteiger partial charge in [-0.05, 0) is 36.7 Å². The van der Waals surface area contributed by atoms with Crippen molar-refractivity contribution in [2.24, 2.45) is 5.73 Å². The number of hydrogen-bond acceptors (Lipinski definition) is 1. The van der Waals surface area contributed by atoms with E-state index in [-0.39, 0.29) is 0 Å². The van der Waals surface area contributed by atoms with Gasteiger partial charge in [-0.15, -0.1) is 0 Å². The number of hydrogen-bond donors (Lipinski definition) is 1. The average molecular weight is 186 g/mol. The molecule has 0 aliphatic rings. The van der Waals surface area contributed by atoms with Crippen LogP contribution in [0.25, 0.3) is 5.69 Å². The summed E-state index contributed by atoms with van der Waals surface area (Å²) in [5.74, 6) is 0. The average Bonchev–Trinajstić information content (AvgIpc) is 2.68. The van der Waals surface area contributed by atoms with Crippen LogP contribution < -0.4 is 5.73 Å². The molecule has 1 aromatic carbocycles. The molecule has 0 saturated carbocycles. The summed E-state index contributed by atoms with van der Waals surface area (Å²) < 4.78 is 2.12. The lowest BCUT2D eigenvalue weighted by Crippen LogP contribution is -2.01. The van der Waals surface area contributed by atoms with Crippen LogP contribution in [0, 0.1) is 0 Å². The highest BCUT2D eigenvalue weighted by molar-refractivity contribution is 5.33.